The van der Waals surface area contributed by atoms with Crippen molar-refractivity contribution in [3.8, 4) is 17.1 Å². The monoisotopic (exact) mass is 525 g/mol. The molecule has 1 fully saturated rings. The molecular weight excluding hydrogens is 493 g/mol. The van der Waals surface area contributed by atoms with Crippen LogP contribution in [0.1, 0.15) is 34.2 Å². The van der Waals surface area contributed by atoms with Gasteiger partial charge < -0.3 is 30.1 Å². The first-order chi connectivity index (χ1) is 18.3. The van der Waals surface area contributed by atoms with Crippen molar-refractivity contribution in [3.05, 3.63) is 52.9 Å². The molecule has 0 bridgehead atoms. The van der Waals surface area contributed by atoms with Crippen LogP contribution in [-0.4, -0.2) is 89.3 Å². The Hall–Kier alpha value is -3.61. The van der Waals surface area contributed by atoms with Crippen LogP contribution in [-0.2, 0) is 23.2 Å². The Balaban J connectivity index is 1.77. The first kappa shape index (κ1) is 26.0. The molecule has 0 radical (unpaired) electrons. The van der Waals surface area contributed by atoms with E-state index in [-0.39, 0.29) is 37.6 Å². The lowest BCUT2D eigenvalue weighted by Crippen LogP contribution is -2.46. The lowest BCUT2D eigenvalue weighted by Gasteiger charge is -2.38. The highest BCUT2D eigenvalue weighted by Crippen LogP contribution is 2.48. The highest BCUT2D eigenvalue weighted by atomic mass is 19.1. The molecule has 11 nitrogen and oxygen atoms in total. The molecule has 2 aliphatic rings. The molecule has 3 heterocycles. The third kappa shape index (κ3) is 4.28. The van der Waals surface area contributed by atoms with E-state index in [1.54, 1.807) is 25.4 Å². The summed E-state index contributed by atoms with van der Waals surface area (Å²) >= 11 is 0. The zero-order chi connectivity index (χ0) is 27.0. The number of piperazine rings is 1. The molecule has 0 spiro atoms. The second kappa shape index (κ2) is 10.3. The van der Waals surface area contributed by atoms with E-state index < -0.39 is 17.3 Å². The topological polar surface area (TPSA) is 132 Å². The maximum Gasteiger partial charge on any atom is 0.359 e. The van der Waals surface area contributed by atoms with Crippen molar-refractivity contribution in [2.24, 2.45) is 5.73 Å². The second-order valence-electron chi connectivity index (χ2n) is 9.53. The number of nitrogens with zero attached hydrogens (tertiary/aromatic N) is 6. The Morgan fingerprint density at radius 2 is 1.95 bits per heavy atom. The van der Waals surface area contributed by atoms with Crippen molar-refractivity contribution in [1.29, 1.82) is 0 Å². The number of hydrogen-bond donors (Lipinski definition) is 2. The number of anilines is 1. The van der Waals surface area contributed by atoms with Gasteiger partial charge in [0, 0.05) is 62.2 Å². The summed E-state index contributed by atoms with van der Waals surface area (Å²) in [6, 6.07) is 3.05. The molecule has 1 atom stereocenters. The normalized spacial score (nSPS) is 19.2. The quantitative estimate of drug-likeness (QED) is 0.433. The van der Waals surface area contributed by atoms with Crippen molar-refractivity contribution in [2.45, 2.75) is 25.4 Å². The highest BCUT2D eigenvalue weighted by molar-refractivity contribution is 5.93. The van der Waals surface area contributed by atoms with E-state index >= 15 is 4.39 Å². The van der Waals surface area contributed by atoms with Gasteiger partial charge in [0.2, 0.25) is 0 Å². The number of benzene rings is 1. The van der Waals surface area contributed by atoms with E-state index in [4.69, 9.17) is 15.2 Å². The van der Waals surface area contributed by atoms with Crippen LogP contribution in [0.25, 0.3) is 11.4 Å². The number of halogens is 1. The van der Waals surface area contributed by atoms with Crippen LogP contribution in [0.2, 0.25) is 0 Å². The van der Waals surface area contributed by atoms with Crippen LogP contribution in [0, 0.1) is 5.82 Å². The maximum atomic E-state index is 15.4. The van der Waals surface area contributed by atoms with Gasteiger partial charge in [-0.3, -0.25) is 14.6 Å². The Bertz CT molecular complexity index is 1360. The number of aliphatic hydroxyl groups excluding tert-OH is 1. The number of likely N-dealkylation sites (N-methyl/N-ethyl adjacent to an activating group) is 1. The van der Waals surface area contributed by atoms with E-state index in [2.05, 4.69) is 20.0 Å². The number of fused-ring (bicyclic) bond motifs is 3. The molecule has 1 unspecified atom stereocenters. The number of nitrogens with two attached hydrogens (primary N) is 1. The van der Waals surface area contributed by atoms with Gasteiger partial charge >= 0.3 is 5.97 Å². The van der Waals surface area contributed by atoms with Gasteiger partial charge in [-0.1, -0.05) is 0 Å². The standard InChI is InChI=1S/C26H32FN7O4/c1-4-38-25(36)23-21-24(34(31-23)11-12-35)22-18(29-5-6-30-22)15-26(21,28)16-13-19(17(27)14-20(16)37-3)33-9-7-32(2)8-10-33/h5-6,13-14,35H,4,7-12,15,28H2,1-3H3. The Morgan fingerprint density at radius 3 is 2.63 bits per heavy atom. The number of aromatic nitrogens is 4. The van der Waals surface area contributed by atoms with Crippen LogP contribution >= 0.6 is 0 Å². The minimum atomic E-state index is -1.39. The number of hydrogen-bond acceptors (Lipinski definition) is 10. The minimum absolute atomic E-state index is 0.0154. The predicted molar refractivity (Wildman–Crippen MR) is 138 cm³/mol. The third-order valence-electron chi connectivity index (χ3n) is 7.22. The van der Waals surface area contributed by atoms with Gasteiger partial charge in [-0.2, -0.15) is 5.10 Å². The van der Waals surface area contributed by atoms with E-state index in [0.29, 0.717) is 47.0 Å². The molecule has 0 saturated carbocycles. The van der Waals surface area contributed by atoms with E-state index in [1.165, 1.54) is 17.9 Å². The molecule has 3 aromatic rings. The maximum absolute atomic E-state index is 15.4. The summed E-state index contributed by atoms with van der Waals surface area (Å²) < 4.78 is 27.9. The molecule has 0 amide bonds. The fourth-order valence-electron chi connectivity index (χ4n) is 5.35. The number of rotatable bonds is 7. The smallest absolute Gasteiger partial charge is 0.359 e. The Morgan fingerprint density at radius 1 is 1.21 bits per heavy atom. The summed E-state index contributed by atoms with van der Waals surface area (Å²) in [5.41, 5.74) is 8.74. The SMILES string of the molecule is CCOC(=O)c1nn(CCO)c2c1C(N)(c1cc(N3CCN(C)CC3)c(F)cc1OC)Cc1nccnc1-2. The number of aliphatic hydroxyl groups is 1. The molecule has 1 aliphatic carbocycles. The lowest BCUT2D eigenvalue weighted by atomic mass is 9.73. The van der Waals surface area contributed by atoms with Crippen LogP contribution in [0.5, 0.6) is 5.75 Å². The first-order valence-corrected chi connectivity index (χ1v) is 12.6. The molecule has 5 rings (SSSR count). The third-order valence-corrected chi connectivity index (χ3v) is 7.22. The van der Waals surface area contributed by atoms with E-state index in [0.717, 1.165) is 13.1 Å². The minimum Gasteiger partial charge on any atom is -0.496 e. The van der Waals surface area contributed by atoms with Gasteiger partial charge in [0.25, 0.3) is 0 Å². The van der Waals surface area contributed by atoms with Crippen molar-refractivity contribution in [1.82, 2.24) is 24.6 Å². The number of ether oxygens (including phenoxy) is 2. The lowest BCUT2D eigenvalue weighted by molar-refractivity contribution is 0.0515. The van der Waals surface area contributed by atoms with Crippen LogP contribution in [0.4, 0.5) is 10.1 Å². The van der Waals surface area contributed by atoms with Gasteiger partial charge in [-0.05, 0) is 20.0 Å². The van der Waals surface area contributed by atoms with Gasteiger partial charge in [-0.25, -0.2) is 9.18 Å². The first-order valence-electron chi connectivity index (χ1n) is 12.6. The Kier molecular flexibility index (Phi) is 7.03. The second-order valence-corrected chi connectivity index (χ2v) is 9.53. The Labute approximate surface area is 220 Å². The summed E-state index contributed by atoms with van der Waals surface area (Å²) in [5.74, 6) is -0.828. The van der Waals surface area contributed by atoms with Crippen LogP contribution < -0.4 is 15.4 Å². The molecule has 1 saturated heterocycles. The van der Waals surface area contributed by atoms with Crippen molar-refractivity contribution in [2.75, 3.05) is 58.5 Å². The highest BCUT2D eigenvalue weighted by Gasteiger charge is 2.47. The molecule has 3 N–H and O–H groups in total. The fraction of sp³-hybridized carbons (Fsp3) is 0.462. The molecule has 38 heavy (non-hydrogen) atoms. The van der Waals surface area contributed by atoms with Gasteiger partial charge in [0.1, 0.15) is 17.3 Å². The number of carbonyl (C=O) groups excluding carboxylic acids is 1. The number of esters is 1. The molecular formula is C26H32FN7O4. The van der Waals surface area contributed by atoms with Gasteiger partial charge in [0.15, 0.2) is 5.69 Å². The molecule has 2 aromatic heterocycles. The zero-order valence-electron chi connectivity index (χ0n) is 21.8. The molecule has 12 heteroatoms. The van der Waals surface area contributed by atoms with Gasteiger partial charge in [0.05, 0.1) is 49.5 Å². The average Bonchev–Trinajstić information content (AvgIpc) is 3.30. The summed E-state index contributed by atoms with van der Waals surface area (Å²) in [6.45, 7) is 4.61. The van der Waals surface area contributed by atoms with E-state index in [9.17, 15) is 9.90 Å². The summed E-state index contributed by atoms with van der Waals surface area (Å²) in [7, 11) is 3.49. The van der Waals surface area contributed by atoms with Crippen molar-refractivity contribution < 1.29 is 23.8 Å². The van der Waals surface area contributed by atoms with Crippen molar-refractivity contribution in [3.63, 3.8) is 0 Å². The van der Waals surface area contributed by atoms with E-state index in [1.807, 2.05) is 11.9 Å². The molecule has 1 aromatic carbocycles. The summed E-state index contributed by atoms with van der Waals surface area (Å²) in [6.07, 6.45) is 3.28. The largest absolute Gasteiger partial charge is 0.496 e. The average molecular weight is 526 g/mol. The zero-order valence-corrected chi connectivity index (χ0v) is 21.8. The van der Waals surface area contributed by atoms with Crippen molar-refractivity contribution >= 4 is 11.7 Å². The number of methoxy groups -OCH3 is 1. The van der Waals surface area contributed by atoms with Crippen LogP contribution in [0.15, 0.2) is 24.5 Å². The molecule has 1 aliphatic heterocycles. The van der Waals surface area contributed by atoms with Crippen LogP contribution in [0.3, 0.4) is 0 Å². The fourth-order valence-corrected chi connectivity index (χ4v) is 5.35. The predicted octanol–water partition coefficient (Wildman–Crippen LogP) is 1.17. The summed E-state index contributed by atoms with van der Waals surface area (Å²) in [4.78, 5) is 26.4. The van der Waals surface area contributed by atoms with Gasteiger partial charge in [-0.15, -0.1) is 0 Å². The number of carbonyl (C=O) groups is 1. The summed E-state index contributed by atoms with van der Waals surface area (Å²) in [5, 5.41) is 14.3. The molecule has 202 valence electrons.